The lowest BCUT2D eigenvalue weighted by molar-refractivity contribution is 0.0938. The van der Waals surface area contributed by atoms with Crippen LogP contribution in [0.5, 0.6) is 0 Å². The largest absolute Gasteiger partial charge is 0.339 e. The molecule has 2 aromatic carbocycles. The summed E-state index contributed by atoms with van der Waals surface area (Å²) in [6, 6.07) is 17.7. The van der Waals surface area contributed by atoms with Crippen LogP contribution < -0.4 is 16.2 Å². The van der Waals surface area contributed by atoms with Crippen LogP contribution in [0.15, 0.2) is 66.0 Å². The van der Waals surface area contributed by atoms with Gasteiger partial charge in [-0.2, -0.15) is 0 Å². The Hall–Kier alpha value is -3.19. The van der Waals surface area contributed by atoms with E-state index in [0.717, 1.165) is 11.3 Å². The van der Waals surface area contributed by atoms with Gasteiger partial charge in [0.05, 0.1) is 5.69 Å². The number of hydrogen-bond acceptors (Lipinski definition) is 4. The molecule has 0 saturated carbocycles. The van der Waals surface area contributed by atoms with Crippen LogP contribution in [-0.2, 0) is 0 Å². The Morgan fingerprint density at radius 2 is 1.54 bits per heavy atom. The molecule has 1 aromatic heterocycles. The van der Waals surface area contributed by atoms with Gasteiger partial charge in [-0.3, -0.25) is 15.5 Å². The third kappa shape index (κ3) is 3.96. The predicted molar refractivity (Wildman–Crippen MR) is 93.6 cm³/mol. The molecule has 0 radical (unpaired) electrons. The highest BCUT2D eigenvalue weighted by Crippen LogP contribution is 2.24. The number of nitrogens with one attached hydrogen (secondary N) is 3. The Labute approximate surface area is 142 Å². The minimum absolute atomic E-state index is 0.394. The van der Waals surface area contributed by atoms with E-state index in [2.05, 4.69) is 21.2 Å². The number of benzene rings is 2. The van der Waals surface area contributed by atoms with Gasteiger partial charge in [-0.1, -0.05) is 48.5 Å². The molecule has 0 aliphatic rings. The maximum Gasteiger partial charge on any atom is 0.339 e. The second kappa shape index (κ2) is 7.38. The molecule has 0 bridgehead atoms. The van der Waals surface area contributed by atoms with E-state index in [-0.39, 0.29) is 0 Å². The van der Waals surface area contributed by atoms with Crippen LogP contribution in [0.1, 0.15) is 10.4 Å². The molecule has 3 rings (SSSR count). The van der Waals surface area contributed by atoms with Gasteiger partial charge >= 0.3 is 6.03 Å². The van der Waals surface area contributed by atoms with Crippen LogP contribution in [0.2, 0.25) is 0 Å². The first-order valence-electron chi connectivity index (χ1n) is 7.16. The summed E-state index contributed by atoms with van der Waals surface area (Å²) in [5.41, 5.74) is 6.84. The fourth-order valence-corrected chi connectivity index (χ4v) is 2.69. The van der Waals surface area contributed by atoms with Crippen molar-refractivity contribution in [2.24, 2.45) is 0 Å². The molecule has 120 valence electrons. The number of hydrazine groups is 1. The number of urea groups is 1. The van der Waals surface area contributed by atoms with Crippen molar-refractivity contribution in [3.8, 4) is 11.3 Å². The molecule has 3 N–H and O–H groups in total. The number of carbonyl (C=O) groups is 2. The van der Waals surface area contributed by atoms with Gasteiger partial charge in [-0.05, 0) is 12.1 Å². The zero-order valence-electron chi connectivity index (χ0n) is 12.5. The summed E-state index contributed by atoms with van der Waals surface area (Å²) >= 11 is 1.31. The van der Waals surface area contributed by atoms with Crippen LogP contribution in [0.4, 0.5) is 9.93 Å². The fraction of sp³-hybridized carbons (Fsp3) is 0. The lowest BCUT2D eigenvalue weighted by Gasteiger charge is -2.07. The van der Waals surface area contributed by atoms with Gasteiger partial charge in [-0.15, -0.1) is 11.3 Å². The van der Waals surface area contributed by atoms with E-state index in [0.29, 0.717) is 10.7 Å². The maximum atomic E-state index is 11.8. The van der Waals surface area contributed by atoms with Gasteiger partial charge in [0.1, 0.15) is 0 Å². The second-order valence-corrected chi connectivity index (χ2v) is 5.66. The number of aromatic nitrogens is 1. The highest BCUT2D eigenvalue weighted by molar-refractivity contribution is 7.14. The summed E-state index contributed by atoms with van der Waals surface area (Å²) in [4.78, 5) is 28.0. The lowest BCUT2D eigenvalue weighted by Crippen LogP contribution is -2.43. The maximum absolute atomic E-state index is 11.8. The van der Waals surface area contributed by atoms with E-state index >= 15 is 0 Å². The van der Waals surface area contributed by atoms with Crippen molar-refractivity contribution in [3.63, 3.8) is 0 Å². The van der Waals surface area contributed by atoms with Gasteiger partial charge in [-0.25, -0.2) is 15.2 Å². The highest BCUT2D eigenvalue weighted by atomic mass is 32.1. The van der Waals surface area contributed by atoms with Crippen LogP contribution in [0.3, 0.4) is 0 Å². The Morgan fingerprint density at radius 3 is 2.25 bits per heavy atom. The molecule has 0 unspecified atom stereocenters. The standard InChI is InChI=1S/C17H14N4O2S/c22-15(13-9-5-2-6-10-13)20-21-16(23)19-17-18-14(11-24-17)12-7-3-1-4-8-12/h1-11H,(H,20,22)(H2,18,19,21,23). The van der Waals surface area contributed by atoms with Crippen molar-refractivity contribution >= 4 is 28.4 Å². The number of rotatable bonds is 3. The van der Waals surface area contributed by atoms with Crippen molar-refractivity contribution in [3.05, 3.63) is 71.6 Å². The molecule has 24 heavy (non-hydrogen) atoms. The van der Waals surface area contributed by atoms with Crippen LogP contribution in [0, 0.1) is 0 Å². The molecule has 3 aromatic rings. The van der Waals surface area contributed by atoms with E-state index in [4.69, 9.17) is 0 Å². The molecular weight excluding hydrogens is 324 g/mol. The van der Waals surface area contributed by atoms with Crippen LogP contribution in [0.25, 0.3) is 11.3 Å². The van der Waals surface area contributed by atoms with Crippen molar-refractivity contribution < 1.29 is 9.59 Å². The summed E-state index contributed by atoms with van der Waals surface area (Å²) in [6.45, 7) is 0. The van der Waals surface area contributed by atoms with Gasteiger partial charge in [0.15, 0.2) is 5.13 Å². The zero-order valence-corrected chi connectivity index (χ0v) is 13.3. The Bertz CT molecular complexity index is 834. The first-order chi connectivity index (χ1) is 11.7. The SMILES string of the molecule is O=C(NNC(=O)c1ccccc1)Nc1nc(-c2ccccc2)cs1. The molecular formula is C17H14N4O2S. The minimum Gasteiger partial charge on any atom is -0.282 e. The molecule has 0 spiro atoms. The Kier molecular flexibility index (Phi) is 4.83. The fourth-order valence-electron chi connectivity index (χ4n) is 1.98. The average Bonchev–Trinajstić information content (AvgIpc) is 3.09. The van der Waals surface area contributed by atoms with Crippen molar-refractivity contribution in [2.45, 2.75) is 0 Å². The normalized spacial score (nSPS) is 10.0. The number of hydrogen-bond donors (Lipinski definition) is 3. The third-order valence-electron chi connectivity index (χ3n) is 3.12. The van der Waals surface area contributed by atoms with Crippen LogP contribution in [-0.4, -0.2) is 16.9 Å². The second-order valence-electron chi connectivity index (χ2n) is 4.80. The smallest absolute Gasteiger partial charge is 0.282 e. The number of nitrogens with zero attached hydrogens (tertiary/aromatic N) is 1. The molecule has 0 fully saturated rings. The highest BCUT2D eigenvalue weighted by Gasteiger charge is 2.09. The average molecular weight is 338 g/mol. The number of anilines is 1. The summed E-state index contributed by atoms with van der Waals surface area (Å²) in [5, 5.41) is 4.88. The minimum atomic E-state index is -0.562. The van der Waals surface area contributed by atoms with E-state index in [9.17, 15) is 9.59 Å². The first kappa shape index (κ1) is 15.7. The Balaban J connectivity index is 1.54. The van der Waals surface area contributed by atoms with Crippen LogP contribution >= 0.6 is 11.3 Å². The molecule has 0 aliphatic carbocycles. The summed E-state index contributed by atoms with van der Waals surface area (Å²) in [6.07, 6.45) is 0. The van der Waals surface area contributed by atoms with Gasteiger partial charge in [0, 0.05) is 16.5 Å². The topological polar surface area (TPSA) is 83.1 Å². The molecule has 0 saturated heterocycles. The monoisotopic (exact) mass is 338 g/mol. The molecule has 7 heteroatoms. The van der Waals surface area contributed by atoms with E-state index < -0.39 is 11.9 Å². The summed E-state index contributed by atoms with van der Waals surface area (Å²) in [7, 11) is 0. The quantitative estimate of drug-likeness (QED) is 0.641. The van der Waals surface area contributed by atoms with Crippen molar-refractivity contribution in [1.82, 2.24) is 15.8 Å². The molecule has 0 atom stereocenters. The van der Waals surface area contributed by atoms with E-state index in [1.54, 1.807) is 24.3 Å². The number of thiazole rings is 1. The van der Waals surface area contributed by atoms with Gasteiger partial charge < -0.3 is 0 Å². The summed E-state index contributed by atoms with van der Waals surface area (Å²) in [5.74, 6) is -0.394. The first-order valence-corrected chi connectivity index (χ1v) is 8.03. The molecule has 1 heterocycles. The molecule has 3 amide bonds. The van der Waals surface area contributed by atoms with E-state index in [1.807, 2.05) is 41.8 Å². The summed E-state index contributed by atoms with van der Waals surface area (Å²) < 4.78 is 0. The molecule has 0 aliphatic heterocycles. The lowest BCUT2D eigenvalue weighted by atomic mass is 10.2. The van der Waals surface area contributed by atoms with Crippen molar-refractivity contribution in [2.75, 3.05) is 5.32 Å². The third-order valence-corrected chi connectivity index (χ3v) is 3.88. The zero-order chi connectivity index (χ0) is 16.8. The number of amides is 3. The van der Waals surface area contributed by atoms with Crippen molar-refractivity contribution in [1.29, 1.82) is 0 Å². The predicted octanol–water partition coefficient (Wildman–Crippen LogP) is 3.28. The Morgan fingerprint density at radius 1 is 0.875 bits per heavy atom. The van der Waals surface area contributed by atoms with Gasteiger partial charge in [0.2, 0.25) is 0 Å². The number of carbonyl (C=O) groups excluding carboxylic acids is 2. The van der Waals surface area contributed by atoms with Gasteiger partial charge in [0.25, 0.3) is 5.91 Å². The van der Waals surface area contributed by atoms with E-state index in [1.165, 1.54) is 11.3 Å². The molecule has 6 nitrogen and oxygen atoms in total.